The van der Waals surface area contributed by atoms with Crippen LogP contribution in [0.15, 0.2) is 30.5 Å². The molecule has 1 unspecified atom stereocenters. The first-order valence-electron chi connectivity index (χ1n) is 15.5. The Morgan fingerprint density at radius 3 is 2.38 bits per heavy atom. The fourth-order valence-electron chi connectivity index (χ4n) is 6.18. The van der Waals surface area contributed by atoms with Crippen LogP contribution in [0.5, 0.6) is 5.75 Å². The van der Waals surface area contributed by atoms with Crippen LogP contribution in [0.25, 0.3) is 0 Å². The van der Waals surface area contributed by atoms with Crippen LogP contribution in [0.1, 0.15) is 111 Å². The molecule has 0 aromatic heterocycles. The Kier molecular flexibility index (Phi) is 10.9. The number of ether oxygens (including phenoxy) is 3. The molecule has 5 heteroatoms. The van der Waals surface area contributed by atoms with E-state index in [0.717, 1.165) is 69.3 Å². The lowest BCUT2D eigenvalue weighted by molar-refractivity contribution is -0.159. The summed E-state index contributed by atoms with van der Waals surface area (Å²) in [6, 6.07) is 6.25. The topological polar surface area (TPSA) is 61.8 Å². The Hall–Kier alpha value is -2.30. The van der Waals surface area contributed by atoms with E-state index >= 15 is 0 Å². The van der Waals surface area contributed by atoms with Gasteiger partial charge in [-0.05, 0) is 108 Å². The molecule has 1 aromatic carbocycles. The van der Waals surface area contributed by atoms with Crippen LogP contribution >= 0.6 is 0 Å². The zero-order valence-corrected chi connectivity index (χ0v) is 26.4. The van der Waals surface area contributed by atoms with Gasteiger partial charge in [0.25, 0.3) is 0 Å². The van der Waals surface area contributed by atoms with Gasteiger partial charge in [-0.2, -0.15) is 0 Å². The fourth-order valence-corrected chi connectivity index (χ4v) is 6.18. The Morgan fingerprint density at radius 1 is 1.02 bits per heavy atom. The van der Waals surface area contributed by atoms with Crippen molar-refractivity contribution in [2.45, 2.75) is 125 Å². The third-order valence-corrected chi connectivity index (χ3v) is 8.72. The van der Waals surface area contributed by atoms with Gasteiger partial charge in [-0.25, -0.2) is 0 Å². The number of fused-ring (bicyclic) bond motifs is 2. The summed E-state index contributed by atoms with van der Waals surface area (Å²) >= 11 is 0. The van der Waals surface area contributed by atoms with Crippen LogP contribution in [-0.2, 0) is 31.9 Å². The molecule has 0 aliphatic heterocycles. The zero-order valence-electron chi connectivity index (χ0n) is 26.4. The van der Waals surface area contributed by atoms with E-state index in [0.29, 0.717) is 17.8 Å². The molecule has 0 bridgehead atoms. The molecule has 40 heavy (non-hydrogen) atoms. The largest absolute Gasteiger partial charge is 0.495 e. The average Bonchev–Trinajstić information content (AvgIpc) is 3.18. The number of rotatable bonds is 13. The highest BCUT2D eigenvalue weighted by Gasteiger charge is 2.47. The van der Waals surface area contributed by atoms with E-state index in [4.69, 9.17) is 14.2 Å². The van der Waals surface area contributed by atoms with Crippen molar-refractivity contribution in [1.82, 2.24) is 0 Å². The van der Waals surface area contributed by atoms with E-state index in [-0.39, 0.29) is 36.0 Å². The summed E-state index contributed by atoms with van der Waals surface area (Å²) in [5.41, 5.74) is 1.93. The number of carbonyl (C=O) groups excluding carboxylic acids is 2. The van der Waals surface area contributed by atoms with Crippen LogP contribution in [0, 0.1) is 28.6 Å². The maximum absolute atomic E-state index is 12.8. The second-order valence-corrected chi connectivity index (χ2v) is 14.3. The predicted molar refractivity (Wildman–Crippen MR) is 161 cm³/mol. The second-order valence-electron chi connectivity index (χ2n) is 14.3. The van der Waals surface area contributed by atoms with Gasteiger partial charge in [0, 0.05) is 5.41 Å². The van der Waals surface area contributed by atoms with Crippen molar-refractivity contribution in [2.24, 2.45) is 28.6 Å². The van der Waals surface area contributed by atoms with Gasteiger partial charge >= 0.3 is 5.97 Å². The summed E-state index contributed by atoms with van der Waals surface area (Å²) in [5.74, 6) is 2.93. The van der Waals surface area contributed by atoms with Crippen molar-refractivity contribution in [3.63, 3.8) is 0 Å². The Labute approximate surface area is 243 Å². The van der Waals surface area contributed by atoms with Crippen molar-refractivity contribution >= 4 is 11.8 Å². The van der Waals surface area contributed by atoms with Gasteiger partial charge in [0.05, 0.1) is 11.2 Å². The number of carbonyl (C=O) groups is 2. The van der Waals surface area contributed by atoms with Crippen LogP contribution < -0.4 is 4.74 Å². The Morgan fingerprint density at radius 2 is 1.75 bits per heavy atom. The number of allylic oxidation sites excluding steroid dienone is 1. The number of unbranched alkanes of at least 4 members (excludes halogenated alkanes) is 2. The minimum Gasteiger partial charge on any atom is -0.495 e. The highest BCUT2D eigenvalue weighted by Crippen LogP contribution is 2.50. The SMILES string of the molecule is C=C(O[C@@H]1C[C@@H]2Cc3c(cccc3OCC(C)=O)CC2[C@H]1CC[C@H](CCCCC)OC(=O)C(C)(C)C)C(C)(C)C. The van der Waals surface area contributed by atoms with Gasteiger partial charge in [-0.3, -0.25) is 9.59 Å². The maximum atomic E-state index is 12.8. The monoisotopic (exact) mass is 554 g/mol. The maximum Gasteiger partial charge on any atom is 0.311 e. The van der Waals surface area contributed by atoms with Crippen LogP contribution in [0.4, 0.5) is 0 Å². The number of benzene rings is 1. The molecule has 0 spiro atoms. The third-order valence-electron chi connectivity index (χ3n) is 8.72. The van der Waals surface area contributed by atoms with Crippen LogP contribution in [-0.4, -0.2) is 30.6 Å². The summed E-state index contributed by atoms with van der Waals surface area (Å²) in [4.78, 5) is 24.4. The van der Waals surface area contributed by atoms with Gasteiger partial charge in [0.2, 0.25) is 0 Å². The van der Waals surface area contributed by atoms with E-state index in [1.165, 1.54) is 11.1 Å². The molecule has 1 saturated carbocycles. The van der Waals surface area contributed by atoms with Crippen molar-refractivity contribution in [3.8, 4) is 5.75 Å². The molecule has 5 atom stereocenters. The van der Waals surface area contributed by atoms with Crippen molar-refractivity contribution in [3.05, 3.63) is 41.7 Å². The minimum absolute atomic E-state index is 0.0297. The third kappa shape index (κ3) is 8.60. The van der Waals surface area contributed by atoms with Crippen molar-refractivity contribution < 1.29 is 23.8 Å². The van der Waals surface area contributed by atoms with E-state index in [1.54, 1.807) is 6.92 Å². The van der Waals surface area contributed by atoms with E-state index in [2.05, 4.69) is 40.3 Å². The molecule has 0 N–H and O–H groups in total. The lowest BCUT2D eigenvalue weighted by Gasteiger charge is -2.34. The van der Waals surface area contributed by atoms with Crippen molar-refractivity contribution in [1.29, 1.82) is 0 Å². The van der Waals surface area contributed by atoms with Gasteiger partial charge in [0.15, 0.2) is 5.78 Å². The van der Waals surface area contributed by atoms with Gasteiger partial charge in [-0.15, -0.1) is 0 Å². The second kappa shape index (κ2) is 13.6. The number of esters is 1. The average molecular weight is 555 g/mol. The lowest BCUT2D eigenvalue weighted by Crippen LogP contribution is -2.32. The molecule has 0 heterocycles. The van der Waals surface area contributed by atoms with Crippen LogP contribution in [0.3, 0.4) is 0 Å². The first-order valence-corrected chi connectivity index (χ1v) is 15.5. The molecule has 224 valence electrons. The van der Waals surface area contributed by atoms with E-state index in [9.17, 15) is 9.59 Å². The van der Waals surface area contributed by atoms with E-state index < -0.39 is 5.41 Å². The summed E-state index contributed by atoms with van der Waals surface area (Å²) in [6.45, 7) is 20.4. The van der Waals surface area contributed by atoms with Crippen molar-refractivity contribution in [2.75, 3.05) is 6.61 Å². The molecule has 1 fully saturated rings. The molecule has 3 rings (SSSR count). The molecule has 0 amide bonds. The highest BCUT2D eigenvalue weighted by atomic mass is 16.5. The number of Topliss-reactive ketones (excluding diaryl/α,β-unsaturated/α-hetero) is 1. The first kappa shape index (κ1) is 32.2. The van der Waals surface area contributed by atoms with E-state index in [1.807, 2.05) is 32.9 Å². The smallest absolute Gasteiger partial charge is 0.311 e. The summed E-state index contributed by atoms with van der Waals surface area (Å²) in [6.07, 6.45) is 9.03. The molecular weight excluding hydrogens is 500 g/mol. The Balaban J connectivity index is 1.82. The number of hydrogen-bond acceptors (Lipinski definition) is 5. The normalized spacial score (nSPS) is 23.1. The van der Waals surface area contributed by atoms with Gasteiger partial charge in [0.1, 0.15) is 24.6 Å². The van der Waals surface area contributed by atoms with Gasteiger partial charge in [-0.1, -0.05) is 59.2 Å². The lowest BCUT2D eigenvalue weighted by atomic mass is 9.73. The Bertz CT molecular complexity index is 1030. The molecule has 2 aliphatic carbocycles. The molecule has 2 aliphatic rings. The fraction of sp³-hybridized carbons (Fsp3) is 0.714. The summed E-state index contributed by atoms with van der Waals surface area (Å²) < 4.78 is 18.7. The minimum atomic E-state index is -0.507. The summed E-state index contributed by atoms with van der Waals surface area (Å²) in [5, 5.41) is 0. The zero-order chi connectivity index (χ0) is 29.7. The first-order chi connectivity index (χ1) is 18.7. The quantitative estimate of drug-likeness (QED) is 0.139. The standard InChI is InChI=1S/C35H54O5/c1-10-11-12-15-27(40-33(37)35(7,8)9)17-18-28-29-19-25-14-13-16-31(38-22-23(2)36)30(25)20-26(29)21-32(28)39-24(3)34(4,5)6/h13-14,16,26-29,32H,3,10-12,15,17-22H2,1-2,4-9H3/t26-,27-,28+,29?,32+/m0/s1. The van der Waals surface area contributed by atoms with Crippen LogP contribution in [0.2, 0.25) is 0 Å². The predicted octanol–water partition coefficient (Wildman–Crippen LogP) is 8.27. The summed E-state index contributed by atoms with van der Waals surface area (Å²) in [7, 11) is 0. The number of ketones is 1. The molecule has 1 aromatic rings. The van der Waals surface area contributed by atoms with Gasteiger partial charge < -0.3 is 14.2 Å². The molecule has 0 radical (unpaired) electrons. The molecule has 5 nitrogen and oxygen atoms in total. The highest BCUT2D eigenvalue weighted by molar-refractivity contribution is 5.77. The molecule has 0 saturated heterocycles. The molecular formula is C35H54O5. The number of hydrogen-bond donors (Lipinski definition) is 0.